The molecule has 1 aromatic heterocycles. The van der Waals surface area contributed by atoms with Crippen LogP contribution >= 0.6 is 11.6 Å². The summed E-state index contributed by atoms with van der Waals surface area (Å²) >= 11 is 5.69. The molecule has 0 bridgehead atoms. The molecule has 1 heterocycles. The van der Waals surface area contributed by atoms with Crippen molar-refractivity contribution in [3.05, 3.63) is 28.0 Å². The molecule has 4 nitrogen and oxygen atoms in total. The Hall–Kier alpha value is -1.74. The number of carbonyl (C=O) groups is 1. The Morgan fingerprint density at radius 2 is 2.35 bits per heavy atom. The van der Waals surface area contributed by atoms with Crippen molar-refractivity contribution in [1.29, 1.82) is 5.26 Å². The molecule has 7 heteroatoms. The van der Waals surface area contributed by atoms with Crippen LogP contribution in [-0.2, 0) is 4.74 Å². The average Bonchev–Trinajstić information content (AvgIpc) is 2.29. The minimum Gasteiger partial charge on any atom is -0.461 e. The van der Waals surface area contributed by atoms with E-state index in [1.165, 1.54) is 0 Å². The van der Waals surface area contributed by atoms with Crippen LogP contribution < -0.4 is 0 Å². The van der Waals surface area contributed by atoms with Gasteiger partial charge in [0.25, 0.3) is 6.43 Å². The third kappa shape index (κ3) is 2.88. The topological polar surface area (TPSA) is 63.0 Å². The summed E-state index contributed by atoms with van der Waals surface area (Å²) in [5, 5.41) is 8.42. The number of alkyl halides is 2. The van der Waals surface area contributed by atoms with Crippen LogP contribution in [0.3, 0.4) is 0 Å². The van der Waals surface area contributed by atoms with Crippen LogP contribution in [0.15, 0.2) is 6.07 Å². The Kier molecular flexibility index (Phi) is 4.35. The summed E-state index contributed by atoms with van der Waals surface area (Å²) in [4.78, 5) is 14.8. The molecule has 0 saturated carbocycles. The highest BCUT2D eigenvalue weighted by Crippen LogP contribution is 2.25. The highest BCUT2D eigenvalue weighted by atomic mass is 35.5. The molecule has 0 amide bonds. The second-order valence-electron chi connectivity index (χ2n) is 2.89. The molecule has 17 heavy (non-hydrogen) atoms. The second-order valence-corrected chi connectivity index (χ2v) is 3.27. The summed E-state index contributed by atoms with van der Waals surface area (Å²) in [6, 6.07) is 2.46. The first-order valence-electron chi connectivity index (χ1n) is 4.57. The van der Waals surface area contributed by atoms with Gasteiger partial charge in [-0.3, -0.25) is 0 Å². The van der Waals surface area contributed by atoms with E-state index in [1.807, 2.05) is 0 Å². The molecule has 0 aliphatic carbocycles. The van der Waals surface area contributed by atoms with Crippen LogP contribution in [0, 0.1) is 11.3 Å². The highest BCUT2D eigenvalue weighted by Gasteiger charge is 2.21. The lowest BCUT2D eigenvalue weighted by molar-refractivity contribution is 0.0518. The molecule has 0 radical (unpaired) electrons. The van der Waals surface area contributed by atoms with Gasteiger partial charge in [0.15, 0.2) is 5.69 Å². The third-order valence-electron chi connectivity index (χ3n) is 1.79. The van der Waals surface area contributed by atoms with Crippen LogP contribution in [0.4, 0.5) is 8.78 Å². The third-order valence-corrected chi connectivity index (χ3v) is 2.17. The van der Waals surface area contributed by atoms with Crippen molar-refractivity contribution in [2.45, 2.75) is 13.3 Å². The quantitative estimate of drug-likeness (QED) is 0.784. The predicted octanol–water partition coefficient (Wildman–Crippen LogP) is 2.72. The number of pyridine rings is 1. The Morgan fingerprint density at radius 3 is 2.82 bits per heavy atom. The van der Waals surface area contributed by atoms with Crippen LogP contribution in [0.2, 0.25) is 5.02 Å². The Morgan fingerprint density at radius 1 is 1.71 bits per heavy atom. The summed E-state index contributed by atoms with van der Waals surface area (Å²) in [7, 11) is 0. The maximum Gasteiger partial charge on any atom is 0.358 e. The van der Waals surface area contributed by atoms with Gasteiger partial charge in [-0.2, -0.15) is 5.26 Å². The number of hydrogen-bond donors (Lipinski definition) is 0. The zero-order chi connectivity index (χ0) is 13.0. The van der Waals surface area contributed by atoms with Crippen LogP contribution in [0.25, 0.3) is 0 Å². The van der Waals surface area contributed by atoms with Gasteiger partial charge in [-0.15, -0.1) is 0 Å². The van der Waals surface area contributed by atoms with Gasteiger partial charge in [-0.05, 0) is 13.0 Å². The van der Waals surface area contributed by atoms with Crippen molar-refractivity contribution in [2.24, 2.45) is 0 Å². The van der Waals surface area contributed by atoms with Crippen LogP contribution in [0.5, 0.6) is 0 Å². The lowest BCUT2D eigenvalue weighted by Gasteiger charge is -2.07. The van der Waals surface area contributed by atoms with E-state index in [-0.39, 0.29) is 17.2 Å². The lowest BCUT2D eigenvalue weighted by atomic mass is 10.2. The number of rotatable bonds is 3. The zero-order valence-corrected chi connectivity index (χ0v) is 9.46. The molecule has 90 valence electrons. The molecule has 0 fully saturated rings. The number of aromatic nitrogens is 1. The fourth-order valence-corrected chi connectivity index (χ4v) is 1.29. The van der Waals surface area contributed by atoms with Crippen LogP contribution in [-0.4, -0.2) is 17.6 Å². The second kappa shape index (κ2) is 5.55. The monoisotopic (exact) mass is 260 g/mol. The minimum absolute atomic E-state index is 0.0532. The van der Waals surface area contributed by atoms with Crippen molar-refractivity contribution in [2.75, 3.05) is 6.61 Å². The van der Waals surface area contributed by atoms with Crippen molar-refractivity contribution < 1.29 is 18.3 Å². The molecule has 0 spiro atoms. The fraction of sp³-hybridized carbons (Fsp3) is 0.300. The Bertz CT molecular complexity index is 486. The van der Waals surface area contributed by atoms with Gasteiger partial charge in [0.05, 0.1) is 17.2 Å². The van der Waals surface area contributed by atoms with Gasteiger partial charge in [-0.25, -0.2) is 18.6 Å². The molecule has 0 aromatic carbocycles. The maximum atomic E-state index is 12.5. The van der Waals surface area contributed by atoms with E-state index < -0.39 is 23.8 Å². The largest absolute Gasteiger partial charge is 0.461 e. The zero-order valence-electron chi connectivity index (χ0n) is 8.71. The van der Waals surface area contributed by atoms with Gasteiger partial charge >= 0.3 is 5.97 Å². The van der Waals surface area contributed by atoms with Gasteiger partial charge in [0.1, 0.15) is 11.8 Å². The molecule has 0 saturated heterocycles. The first-order valence-corrected chi connectivity index (χ1v) is 4.94. The molecule has 0 unspecified atom stereocenters. The average molecular weight is 261 g/mol. The first kappa shape index (κ1) is 13.3. The molecular formula is C10H7ClF2N2O2. The molecule has 0 N–H and O–H groups in total. The number of esters is 1. The standard InChI is InChI=1S/C10H7ClF2N2O2/c1-2-17-10(16)8-7(11)5(4-14)3-6(15-8)9(12)13/h3,9H,2H2,1H3. The van der Waals surface area contributed by atoms with E-state index in [9.17, 15) is 13.6 Å². The van der Waals surface area contributed by atoms with Crippen LogP contribution in [0.1, 0.15) is 35.1 Å². The Labute approximate surface area is 101 Å². The van der Waals surface area contributed by atoms with Gasteiger partial charge < -0.3 is 4.74 Å². The van der Waals surface area contributed by atoms with Crippen molar-refractivity contribution in [1.82, 2.24) is 4.98 Å². The number of halogens is 3. The summed E-state index contributed by atoms with van der Waals surface area (Å²) in [6.45, 7) is 1.60. The van der Waals surface area contributed by atoms with Crippen molar-refractivity contribution in [3.8, 4) is 6.07 Å². The molecular weight excluding hydrogens is 254 g/mol. The van der Waals surface area contributed by atoms with Crippen molar-refractivity contribution >= 4 is 17.6 Å². The van der Waals surface area contributed by atoms with E-state index in [0.717, 1.165) is 6.07 Å². The summed E-state index contributed by atoms with van der Waals surface area (Å²) < 4.78 is 29.6. The highest BCUT2D eigenvalue weighted by molar-refractivity contribution is 6.34. The van der Waals surface area contributed by atoms with E-state index in [1.54, 1.807) is 13.0 Å². The lowest BCUT2D eigenvalue weighted by Crippen LogP contribution is -2.10. The molecule has 0 atom stereocenters. The molecule has 0 aliphatic heterocycles. The number of hydrogen-bond acceptors (Lipinski definition) is 4. The Balaban J connectivity index is 3.33. The number of nitrogens with zero attached hydrogens (tertiary/aromatic N) is 2. The molecule has 1 rings (SSSR count). The number of ether oxygens (including phenoxy) is 1. The SMILES string of the molecule is CCOC(=O)c1nc(C(F)F)cc(C#N)c1Cl. The van der Waals surface area contributed by atoms with Crippen molar-refractivity contribution in [3.63, 3.8) is 0 Å². The van der Waals surface area contributed by atoms with Gasteiger partial charge in [0, 0.05) is 0 Å². The normalized spacial score (nSPS) is 10.1. The smallest absolute Gasteiger partial charge is 0.358 e. The molecule has 0 aliphatic rings. The summed E-state index contributed by atoms with van der Waals surface area (Å²) in [5.41, 5.74) is -1.39. The van der Waals surface area contributed by atoms with E-state index in [2.05, 4.69) is 9.72 Å². The van der Waals surface area contributed by atoms with E-state index in [4.69, 9.17) is 16.9 Å². The first-order chi connectivity index (χ1) is 8.01. The fourth-order valence-electron chi connectivity index (χ4n) is 1.08. The van der Waals surface area contributed by atoms with Gasteiger partial charge in [-0.1, -0.05) is 11.6 Å². The number of carbonyl (C=O) groups excluding carboxylic acids is 1. The summed E-state index contributed by atoms with van der Waals surface area (Å²) in [6.07, 6.45) is -2.90. The molecule has 1 aromatic rings. The number of nitriles is 1. The predicted molar refractivity (Wildman–Crippen MR) is 54.9 cm³/mol. The minimum atomic E-state index is -2.90. The van der Waals surface area contributed by atoms with Gasteiger partial charge in [0.2, 0.25) is 0 Å². The van der Waals surface area contributed by atoms with E-state index in [0.29, 0.717) is 0 Å². The maximum absolute atomic E-state index is 12.5. The summed E-state index contributed by atoms with van der Waals surface area (Å²) in [5.74, 6) is -0.934. The van der Waals surface area contributed by atoms with E-state index >= 15 is 0 Å².